The van der Waals surface area contributed by atoms with Gasteiger partial charge in [-0.25, -0.2) is 4.98 Å². The average Bonchev–Trinajstić information content (AvgIpc) is 3.70. The third kappa shape index (κ3) is 2.96. The number of hydrogen-bond donors (Lipinski definition) is 1. The molecule has 2 aromatic rings. The Morgan fingerprint density at radius 3 is 2.63 bits per heavy atom. The van der Waals surface area contributed by atoms with Gasteiger partial charge in [0.25, 0.3) is 0 Å². The van der Waals surface area contributed by atoms with Crippen molar-refractivity contribution in [3.8, 4) is 6.07 Å². The summed E-state index contributed by atoms with van der Waals surface area (Å²) in [5, 5.41) is 14.8. The van der Waals surface area contributed by atoms with Crippen LogP contribution in [0.25, 0.3) is 10.8 Å². The SMILES string of the molecule is CCC(=O)N1CCC(C(=O)Nc2cc3cc(C4(C#N)CC45CC5)ccc3cn2)CC1. The van der Waals surface area contributed by atoms with Crippen LogP contribution in [-0.2, 0) is 15.0 Å². The lowest BCUT2D eigenvalue weighted by Gasteiger charge is -2.31. The Labute approximate surface area is 176 Å². The van der Waals surface area contributed by atoms with Crippen LogP contribution in [0.3, 0.4) is 0 Å². The number of fused-ring (bicyclic) bond motifs is 1. The molecule has 2 heterocycles. The van der Waals surface area contributed by atoms with Crippen molar-refractivity contribution < 1.29 is 9.59 Å². The minimum atomic E-state index is -0.322. The second-order valence-corrected chi connectivity index (χ2v) is 9.10. The van der Waals surface area contributed by atoms with Crippen molar-refractivity contribution in [3.05, 3.63) is 36.0 Å². The highest BCUT2D eigenvalue weighted by Crippen LogP contribution is 2.78. The lowest BCUT2D eigenvalue weighted by molar-refractivity contribution is -0.134. The number of nitriles is 1. The van der Waals surface area contributed by atoms with Gasteiger partial charge in [0.05, 0.1) is 11.5 Å². The summed E-state index contributed by atoms with van der Waals surface area (Å²) in [6, 6.07) is 10.7. The van der Waals surface area contributed by atoms with Crippen molar-refractivity contribution in [3.63, 3.8) is 0 Å². The maximum atomic E-state index is 12.7. The van der Waals surface area contributed by atoms with Gasteiger partial charge in [0.15, 0.2) is 0 Å². The summed E-state index contributed by atoms with van der Waals surface area (Å²) in [6.45, 7) is 3.14. The summed E-state index contributed by atoms with van der Waals surface area (Å²) in [5.41, 5.74) is 0.997. The number of nitrogens with zero attached hydrogens (tertiary/aromatic N) is 3. The predicted molar refractivity (Wildman–Crippen MR) is 114 cm³/mol. The molecule has 1 aromatic heterocycles. The number of benzene rings is 1. The van der Waals surface area contributed by atoms with Crippen LogP contribution >= 0.6 is 0 Å². The topological polar surface area (TPSA) is 86.1 Å². The third-order valence-corrected chi connectivity index (χ3v) is 7.42. The first-order chi connectivity index (χ1) is 14.5. The summed E-state index contributed by atoms with van der Waals surface area (Å²) in [7, 11) is 0. The van der Waals surface area contributed by atoms with E-state index in [0.29, 0.717) is 38.2 Å². The predicted octanol–water partition coefficient (Wildman–Crippen LogP) is 3.77. The van der Waals surface area contributed by atoms with Gasteiger partial charge in [-0.3, -0.25) is 9.59 Å². The molecule has 5 rings (SSSR count). The standard InChI is InChI=1S/C24H26N4O2/c1-2-21(29)28-9-5-16(6-10-28)22(30)27-20-12-18-11-19(4-3-17(18)13-26-20)24(15-25)14-23(24)7-8-23/h3-4,11-13,16H,2,5-10,14H2,1H3,(H,26,27,30). The molecule has 3 aliphatic rings. The van der Waals surface area contributed by atoms with E-state index in [9.17, 15) is 14.9 Å². The molecule has 1 aliphatic heterocycles. The van der Waals surface area contributed by atoms with Crippen molar-refractivity contribution >= 4 is 28.4 Å². The van der Waals surface area contributed by atoms with Crippen LogP contribution in [0.2, 0.25) is 0 Å². The van der Waals surface area contributed by atoms with Gasteiger partial charge in [-0.1, -0.05) is 19.1 Å². The first-order valence-electron chi connectivity index (χ1n) is 10.9. The highest BCUT2D eigenvalue weighted by Gasteiger charge is 2.75. The molecule has 1 unspecified atom stereocenters. The van der Waals surface area contributed by atoms with Gasteiger partial charge in [-0.05, 0) is 60.6 Å². The van der Waals surface area contributed by atoms with Crippen LogP contribution in [0.4, 0.5) is 5.82 Å². The van der Waals surface area contributed by atoms with Crippen molar-refractivity contribution in [2.75, 3.05) is 18.4 Å². The minimum absolute atomic E-state index is 0.0331. The molecule has 0 bridgehead atoms. The quantitative estimate of drug-likeness (QED) is 0.843. The second-order valence-electron chi connectivity index (χ2n) is 9.10. The van der Waals surface area contributed by atoms with E-state index >= 15 is 0 Å². The zero-order valence-corrected chi connectivity index (χ0v) is 17.3. The van der Waals surface area contributed by atoms with E-state index in [-0.39, 0.29) is 28.6 Å². The molecule has 1 N–H and O–H groups in total. The van der Waals surface area contributed by atoms with E-state index in [1.54, 1.807) is 6.20 Å². The molecule has 1 spiro atoms. The molecular formula is C24H26N4O2. The molecule has 154 valence electrons. The van der Waals surface area contributed by atoms with E-state index in [4.69, 9.17) is 0 Å². The van der Waals surface area contributed by atoms with Crippen LogP contribution < -0.4 is 5.32 Å². The maximum Gasteiger partial charge on any atom is 0.228 e. The number of aromatic nitrogens is 1. The highest BCUT2D eigenvalue weighted by molar-refractivity contribution is 5.94. The number of carbonyl (C=O) groups excluding carboxylic acids is 2. The molecule has 2 aliphatic carbocycles. The van der Waals surface area contributed by atoms with Gasteiger partial charge in [-0.2, -0.15) is 5.26 Å². The molecule has 1 saturated heterocycles. The van der Waals surface area contributed by atoms with E-state index in [1.807, 2.05) is 24.0 Å². The number of anilines is 1. The van der Waals surface area contributed by atoms with Gasteiger partial charge >= 0.3 is 0 Å². The average molecular weight is 402 g/mol. The summed E-state index contributed by atoms with van der Waals surface area (Å²) in [4.78, 5) is 30.8. The van der Waals surface area contributed by atoms with Gasteiger partial charge in [0.1, 0.15) is 5.82 Å². The van der Waals surface area contributed by atoms with Crippen molar-refractivity contribution in [2.45, 2.75) is 50.9 Å². The van der Waals surface area contributed by atoms with Crippen LogP contribution in [0, 0.1) is 22.7 Å². The van der Waals surface area contributed by atoms with Crippen molar-refractivity contribution in [1.82, 2.24) is 9.88 Å². The number of likely N-dealkylation sites (tertiary alicyclic amines) is 1. The molecule has 0 radical (unpaired) electrons. The molecule has 3 fully saturated rings. The lowest BCUT2D eigenvalue weighted by atomic mass is 9.92. The fourth-order valence-corrected chi connectivity index (χ4v) is 5.17. The lowest BCUT2D eigenvalue weighted by Crippen LogP contribution is -2.41. The summed E-state index contributed by atoms with van der Waals surface area (Å²) >= 11 is 0. The zero-order valence-electron chi connectivity index (χ0n) is 17.3. The minimum Gasteiger partial charge on any atom is -0.343 e. The molecule has 2 amide bonds. The Morgan fingerprint density at radius 1 is 1.23 bits per heavy atom. The van der Waals surface area contributed by atoms with Crippen molar-refractivity contribution in [2.24, 2.45) is 11.3 Å². The van der Waals surface area contributed by atoms with Gasteiger partial charge < -0.3 is 10.2 Å². The molecule has 6 heteroatoms. The number of hydrogen-bond acceptors (Lipinski definition) is 4. The second kappa shape index (κ2) is 6.80. The first kappa shape index (κ1) is 19.0. The van der Waals surface area contributed by atoms with Crippen LogP contribution in [-0.4, -0.2) is 34.8 Å². The largest absolute Gasteiger partial charge is 0.343 e. The maximum absolute atomic E-state index is 12.7. The van der Waals surface area contributed by atoms with Crippen molar-refractivity contribution in [1.29, 1.82) is 5.26 Å². The first-order valence-corrected chi connectivity index (χ1v) is 10.9. The summed E-state index contributed by atoms with van der Waals surface area (Å²) in [5.74, 6) is 0.561. The molecule has 6 nitrogen and oxygen atoms in total. The number of piperidine rings is 1. The molecular weight excluding hydrogens is 376 g/mol. The van der Waals surface area contributed by atoms with Crippen LogP contribution in [0.1, 0.15) is 51.0 Å². The number of nitrogens with one attached hydrogen (secondary N) is 1. The van der Waals surface area contributed by atoms with E-state index in [2.05, 4.69) is 28.5 Å². The zero-order chi connectivity index (χ0) is 20.9. The molecule has 1 aromatic carbocycles. The highest BCUT2D eigenvalue weighted by atomic mass is 16.2. The number of pyridine rings is 1. The number of carbonyl (C=O) groups is 2. The Bertz CT molecular complexity index is 1080. The Hall–Kier alpha value is -2.94. The Balaban J connectivity index is 1.30. The van der Waals surface area contributed by atoms with Gasteiger partial charge in [0, 0.05) is 37.0 Å². The van der Waals surface area contributed by atoms with E-state index in [1.165, 1.54) is 0 Å². The molecule has 2 saturated carbocycles. The summed E-state index contributed by atoms with van der Waals surface area (Å²) in [6.07, 6.45) is 6.92. The fourth-order valence-electron chi connectivity index (χ4n) is 5.17. The molecule has 1 atom stereocenters. The van der Waals surface area contributed by atoms with Crippen LogP contribution in [0.5, 0.6) is 0 Å². The Morgan fingerprint density at radius 2 is 2.00 bits per heavy atom. The smallest absolute Gasteiger partial charge is 0.228 e. The van der Waals surface area contributed by atoms with Gasteiger partial charge in [-0.15, -0.1) is 0 Å². The van der Waals surface area contributed by atoms with E-state index in [0.717, 1.165) is 35.6 Å². The number of amides is 2. The van der Waals surface area contributed by atoms with E-state index < -0.39 is 0 Å². The summed E-state index contributed by atoms with van der Waals surface area (Å²) < 4.78 is 0. The van der Waals surface area contributed by atoms with Crippen LogP contribution in [0.15, 0.2) is 30.5 Å². The Kier molecular flexibility index (Phi) is 4.32. The monoisotopic (exact) mass is 402 g/mol. The number of rotatable bonds is 4. The normalized spacial score (nSPS) is 24.5. The molecule has 30 heavy (non-hydrogen) atoms. The third-order valence-electron chi connectivity index (χ3n) is 7.42. The fraction of sp³-hybridized carbons (Fsp3) is 0.500. The van der Waals surface area contributed by atoms with Gasteiger partial charge in [0.2, 0.25) is 11.8 Å².